The highest BCUT2D eigenvalue weighted by Crippen LogP contribution is 2.05. The number of ether oxygens (including phenoxy) is 1. The van der Waals surface area contributed by atoms with E-state index in [9.17, 15) is 9.18 Å². The van der Waals surface area contributed by atoms with Gasteiger partial charge in [0.2, 0.25) is 0 Å². The Morgan fingerprint density at radius 2 is 2.12 bits per heavy atom. The number of nitriles is 1. The summed E-state index contributed by atoms with van der Waals surface area (Å²) in [7, 11) is 0. The Morgan fingerprint density at radius 3 is 2.67 bits per heavy atom. The van der Waals surface area contributed by atoms with E-state index < -0.39 is 5.97 Å². The number of benzene rings is 1. The SMILES string of the molecule is CCOC(=O)C(C#N)=CN=C(NN=C(C)c1ccc(F)cc1)SC. The monoisotopic (exact) mass is 348 g/mol. The third kappa shape index (κ3) is 6.22. The van der Waals surface area contributed by atoms with Gasteiger partial charge in [0, 0.05) is 0 Å². The average molecular weight is 348 g/mol. The maximum atomic E-state index is 12.9. The first-order chi connectivity index (χ1) is 11.5. The first kappa shape index (κ1) is 19.4. The number of halogens is 1. The third-order valence-electron chi connectivity index (χ3n) is 2.70. The van der Waals surface area contributed by atoms with Crippen LogP contribution >= 0.6 is 11.8 Å². The van der Waals surface area contributed by atoms with Crippen molar-refractivity contribution in [1.82, 2.24) is 5.43 Å². The van der Waals surface area contributed by atoms with E-state index in [2.05, 4.69) is 15.5 Å². The highest BCUT2D eigenvalue weighted by Gasteiger charge is 2.09. The maximum Gasteiger partial charge on any atom is 0.350 e. The molecule has 8 heteroatoms. The molecule has 1 N–H and O–H groups in total. The second-order valence-corrected chi connectivity index (χ2v) is 5.12. The Bertz CT molecular complexity index is 706. The number of carbonyl (C=O) groups is 1. The molecule has 0 aliphatic heterocycles. The van der Waals surface area contributed by atoms with Crippen molar-refractivity contribution in [3.05, 3.63) is 47.4 Å². The number of nitrogens with one attached hydrogen (secondary N) is 1. The first-order valence-corrected chi connectivity index (χ1v) is 8.19. The molecule has 0 unspecified atom stereocenters. The number of amidine groups is 1. The summed E-state index contributed by atoms with van der Waals surface area (Å²) in [4.78, 5) is 15.5. The molecule has 0 saturated carbocycles. The van der Waals surface area contributed by atoms with E-state index in [-0.39, 0.29) is 18.0 Å². The summed E-state index contributed by atoms with van der Waals surface area (Å²) in [5, 5.41) is 13.5. The van der Waals surface area contributed by atoms with Crippen LogP contribution in [0.3, 0.4) is 0 Å². The van der Waals surface area contributed by atoms with Crippen LogP contribution in [0, 0.1) is 17.1 Å². The lowest BCUT2D eigenvalue weighted by Gasteiger charge is -2.04. The smallest absolute Gasteiger partial charge is 0.350 e. The predicted molar refractivity (Wildman–Crippen MR) is 93.0 cm³/mol. The van der Waals surface area contributed by atoms with E-state index in [1.165, 1.54) is 23.9 Å². The van der Waals surface area contributed by atoms with Gasteiger partial charge in [-0.2, -0.15) is 10.4 Å². The Morgan fingerprint density at radius 1 is 1.46 bits per heavy atom. The minimum absolute atomic E-state index is 0.177. The van der Waals surface area contributed by atoms with E-state index in [0.29, 0.717) is 10.9 Å². The van der Waals surface area contributed by atoms with Crippen LogP contribution in [0.15, 0.2) is 46.1 Å². The van der Waals surface area contributed by atoms with Crippen molar-refractivity contribution in [3.8, 4) is 6.07 Å². The molecule has 6 nitrogen and oxygen atoms in total. The van der Waals surface area contributed by atoms with Crippen LogP contribution in [-0.2, 0) is 9.53 Å². The van der Waals surface area contributed by atoms with Gasteiger partial charge in [-0.15, -0.1) is 0 Å². The van der Waals surface area contributed by atoms with Crippen molar-refractivity contribution < 1.29 is 13.9 Å². The molecule has 0 atom stereocenters. The zero-order valence-electron chi connectivity index (χ0n) is 13.5. The van der Waals surface area contributed by atoms with Gasteiger partial charge in [0.15, 0.2) is 10.7 Å². The zero-order chi connectivity index (χ0) is 17.9. The molecule has 0 aliphatic carbocycles. The lowest BCUT2D eigenvalue weighted by Crippen LogP contribution is -2.16. The van der Waals surface area contributed by atoms with E-state index in [0.717, 1.165) is 11.8 Å². The number of hydrogen-bond donors (Lipinski definition) is 1. The topological polar surface area (TPSA) is 86.8 Å². The summed E-state index contributed by atoms with van der Waals surface area (Å²) in [6.07, 6.45) is 2.89. The summed E-state index contributed by atoms with van der Waals surface area (Å²) in [5.74, 6) is -1.05. The quantitative estimate of drug-likeness (QED) is 0.221. The summed E-state index contributed by atoms with van der Waals surface area (Å²) in [6.45, 7) is 3.59. The van der Waals surface area contributed by atoms with Crippen LogP contribution < -0.4 is 5.43 Å². The lowest BCUT2D eigenvalue weighted by molar-refractivity contribution is -0.138. The Kier molecular flexibility index (Phi) is 8.22. The van der Waals surface area contributed by atoms with Gasteiger partial charge in [-0.3, -0.25) is 5.43 Å². The molecule has 0 spiro atoms. The summed E-state index contributed by atoms with van der Waals surface area (Å²) < 4.78 is 17.6. The molecule has 0 fully saturated rings. The largest absolute Gasteiger partial charge is 0.462 e. The van der Waals surface area contributed by atoms with Gasteiger partial charge in [-0.1, -0.05) is 23.9 Å². The fraction of sp³-hybridized carbons (Fsp3) is 0.250. The summed E-state index contributed by atoms with van der Waals surface area (Å²) in [5.41, 5.74) is 3.91. The fourth-order valence-electron chi connectivity index (χ4n) is 1.47. The molecule has 24 heavy (non-hydrogen) atoms. The van der Waals surface area contributed by atoms with Crippen LogP contribution in [0.4, 0.5) is 4.39 Å². The van der Waals surface area contributed by atoms with Crippen molar-refractivity contribution in [1.29, 1.82) is 5.26 Å². The Labute approximate surface area is 144 Å². The fourth-order valence-corrected chi connectivity index (χ4v) is 1.77. The molecule has 0 aromatic heterocycles. The summed E-state index contributed by atoms with van der Waals surface area (Å²) >= 11 is 1.25. The van der Waals surface area contributed by atoms with Gasteiger partial charge in [-0.05, 0) is 37.8 Å². The van der Waals surface area contributed by atoms with Gasteiger partial charge in [0.1, 0.15) is 11.9 Å². The molecule has 0 radical (unpaired) electrons. The second-order valence-electron chi connectivity index (χ2n) is 4.33. The Hall–Kier alpha value is -2.66. The molecule has 126 valence electrons. The molecular formula is C16H17FN4O2S. The highest BCUT2D eigenvalue weighted by molar-refractivity contribution is 8.13. The first-order valence-electron chi connectivity index (χ1n) is 6.97. The van der Waals surface area contributed by atoms with Crippen molar-refractivity contribution in [2.45, 2.75) is 13.8 Å². The number of aliphatic imine (C=N–C) groups is 1. The van der Waals surface area contributed by atoms with E-state index in [1.54, 1.807) is 38.3 Å². The number of hydrogen-bond acceptors (Lipinski definition) is 6. The Balaban J connectivity index is 2.86. The van der Waals surface area contributed by atoms with Gasteiger partial charge in [0.25, 0.3) is 0 Å². The van der Waals surface area contributed by atoms with Gasteiger partial charge < -0.3 is 4.74 Å². The van der Waals surface area contributed by atoms with Crippen molar-refractivity contribution in [3.63, 3.8) is 0 Å². The standard InChI is InChI=1S/C16H17FN4O2S/c1-4-23-15(22)13(9-18)10-19-16(24-3)21-20-11(2)12-5-7-14(17)8-6-12/h5-8,10H,4H2,1-3H3,(H,19,21). The van der Waals surface area contributed by atoms with E-state index >= 15 is 0 Å². The minimum Gasteiger partial charge on any atom is -0.462 e. The molecule has 0 bridgehead atoms. The van der Waals surface area contributed by atoms with Crippen LogP contribution in [0.1, 0.15) is 19.4 Å². The highest BCUT2D eigenvalue weighted by atomic mass is 32.2. The average Bonchev–Trinajstić information content (AvgIpc) is 2.58. The van der Waals surface area contributed by atoms with Gasteiger partial charge in [0.05, 0.1) is 18.5 Å². The van der Waals surface area contributed by atoms with Crippen molar-refractivity contribution >= 4 is 28.6 Å². The van der Waals surface area contributed by atoms with Gasteiger partial charge >= 0.3 is 5.97 Å². The van der Waals surface area contributed by atoms with Crippen molar-refractivity contribution in [2.75, 3.05) is 12.9 Å². The molecule has 0 saturated heterocycles. The second kappa shape index (κ2) is 10.2. The lowest BCUT2D eigenvalue weighted by atomic mass is 10.1. The van der Waals surface area contributed by atoms with Crippen LogP contribution in [0.2, 0.25) is 0 Å². The minimum atomic E-state index is -0.727. The molecule has 1 rings (SSSR count). The van der Waals surface area contributed by atoms with Crippen LogP contribution in [-0.4, -0.2) is 29.7 Å². The number of esters is 1. The number of thioether (sulfide) groups is 1. The molecule has 0 aliphatic rings. The number of rotatable bonds is 5. The zero-order valence-corrected chi connectivity index (χ0v) is 14.4. The van der Waals surface area contributed by atoms with Crippen molar-refractivity contribution in [2.24, 2.45) is 10.1 Å². The van der Waals surface area contributed by atoms with E-state index in [4.69, 9.17) is 10.00 Å². The molecular weight excluding hydrogens is 331 g/mol. The molecule has 1 aromatic carbocycles. The maximum absolute atomic E-state index is 12.9. The number of nitrogens with zero attached hydrogens (tertiary/aromatic N) is 3. The van der Waals surface area contributed by atoms with Crippen LogP contribution in [0.25, 0.3) is 0 Å². The van der Waals surface area contributed by atoms with E-state index in [1.807, 2.05) is 0 Å². The van der Waals surface area contributed by atoms with Crippen LogP contribution in [0.5, 0.6) is 0 Å². The number of carbonyl (C=O) groups excluding carboxylic acids is 1. The number of hydrazone groups is 1. The summed E-state index contributed by atoms with van der Waals surface area (Å²) in [6, 6.07) is 7.65. The predicted octanol–water partition coefficient (Wildman–Crippen LogP) is 2.83. The van der Waals surface area contributed by atoms with Gasteiger partial charge in [-0.25, -0.2) is 14.2 Å². The third-order valence-corrected chi connectivity index (χ3v) is 3.28. The molecule has 1 aromatic rings. The normalized spacial score (nSPS) is 12.5. The molecule has 0 heterocycles. The molecule has 0 amide bonds.